The smallest absolute Gasteiger partial charge is 0.222 e. The molecular weight excluding hydrogens is 176 g/mol. The largest absolute Gasteiger partial charge is 0.342 e. The van der Waals surface area contributed by atoms with Crippen LogP contribution in [0, 0.1) is 5.92 Å². The van der Waals surface area contributed by atoms with Crippen LogP contribution >= 0.6 is 0 Å². The Kier molecular flexibility index (Phi) is 6.21. The maximum atomic E-state index is 11.6. The minimum absolute atomic E-state index is 0.158. The first-order chi connectivity index (χ1) is 6.51. The SMILES string of the molecule is C=C(C)CN(C)C(=O)CC(CC)CN. The highest BCUT2D eigenvalue weighted by Gasteiger charge is 2.13. The molecule has 0 aromatic heterocycles. The third kappa shape index (κ3) is 5.02. The quantitative estimate of drug-likeness (QED) is 0.656. The number of nitrogens with zero attached hydrogens (tertiary/aromatic N) is 1. The fourth-order valence-electron chi connectivity index (χ4n) is 1.29. The van der Waals surface area contributed by atoms with Gasteiger partial charge in [0, 0.05) is 20.0 Å². The van der Waals surface area contributed by atoms with E-state index in [0.29, 0.717) is 25.4 Å². The number of rotatable bonds is 6. The second-order valence-electron chi connectivity index (χ2n) is 3.92. The van der Waals surface area contributed by atoms with Crippen LogP contribution in [0.4, 0.5) is 0 Å². The zero-order valence-electron chi connectivity index (χ0n) is 9.55. The summed E-state index contributed by atoms with van der Waals surface area (Å²) in [6.45, 7) is 8.98. The van der Waals surface area contributed by atoms with Crippen LogP contribution in [0.5, 0.6) is 0 Å². The maximum absolute atomic E-state index is 11.6. The Morgan fingerprint density at radius 3 is 2.50 bits per heavy atom. The molecule has 0 saturated heterocycles. The number of hydrogen-bond donors (Lipinski definition) is 1. The van der Waals surface area contributed by atoms with Crippen LogP contribution in [0.1, 0.15) is 26.7 Å². The summed E-state index contributed by atoms with van der Waals surface area (Å²) < 4.78 is 0. The Labute approximate surface area is 87.0 Å². The van der Waals surface area contributed by atoms with Crippen LogP contribution in [0.15, 0.2) is 12.2 Å². The molecule has 14 heavy (non-hydrogen) atoms. The van der Waals surface area contributed by atoms with Crippen LogP contribution in [-0.2, 0) is 4.79 Å². The minimum Gasteiger partial charge on any atom is -0.342 e. The van der Waals surface area contributed by atoms with Gasteiger partial charge in [0.15, 0.2) is 0 Å². The van der Waals surface area contributed by atoms with Crippen molar-refractivity contribution in [3.8, 4) is 0 Å². The Bertz CT molecular complexity index is 197. The first-order valence-electron chi connectivity index (χ1n) is 5.09. The molecule has 82 valence electrons. The number of nitrogens with two attached hydrogens (primary N) is 1. The highest BCUT2D eigenvalue weighted by molar-refractivity contribution is 5.76. The summed E-state index contributed by atoms with van der Waals surface area (Å²) in [5, 5.41) is 0. The fraction of sp³-hybridized carbons (Fsp3) is 0.727. The molecule has 0 aliphatic carbocycles. The van der Waals surface area contributed by atoms with E-state index < -0.39 is 0 Å². The lowest BCUT2D eigenvalue weighted by atomic mass is 10.0. The Morgan fingerprint density at radius 2 is 2.14 bits per heavy atom. The Hall–Kier alpha value is -0.830. The third-order valence-corrected chi connectivity index (χ3v) is 2.31. The molecule has 0 saturated carbocycles. The van der Waals surface area contributed by atoms with Gasteiger partial charge in [-0.1, -0.05) is 25.5 Å². The monoisotopic (exact) mass is 198 g/mol. The molecule has 0 bridgehead atoms. The predicted octanol–water partition coefficient (Wildman–Crippen LogP) is 1.40. The van der Waals surface area contributed by atoms with Crippen LogP contribution in [-0.4, -0.2) is 30.9 Å². The Morgan fingerprint density at radius 1 is 1.57 bits per heavy atom. The lowest BCUT2D eigenvalue weighted by molar-refractivity contribution is -0.130. The average Bonchev–Trinajstić information content (AvgIpc) is 2.12. The van der Waals surface area contributed by atoms with Gasteiger partial charge in [-0.15, -0.1) is 0 Å². The minimum atomic E-state index is 0.158. The molecule has 0 aliphatic rings. The van der Waals surface area contributed by atoms with E-state index in [1.54, 1.807) is 11.9 Å². The van der Waals surface area contributed by atoms with Crippen molar-refractivity contribution in [2.75, 3.05) is 20.1 Å². The number of hydrogen-bond acceptors (Lipinski definition) is 2. The molecule has 0 spiro atoms. The average molecular weight is 198 g/mol. The van der Waals surface area contributed by atoms with E-state index in [1.165, 1.54) is 0 Å². The van der Waals surface area contributed by atoms with Gasteiger partial charge >= 0.3 is 0 Å². The van der Waals surface area contributed by atoms with E-state index in [4.69, 9.17) is 5.73 Å². The zero-order valence-corrected chi connectivity index (χ0v) is 9.55. The van der Waals surface area contributed by atoms with Crippen molar-refractivity contribution < 1.29 is 4.79 Å². The summed E-state index contributed by atoms with van der Waals surface area (Å²) in [5.74, 6) is 0.473. The van der Waals surface area contributed by atoms with Crippen molar-refractivity contribution in [3.63, 3.8) is 0 Å². The van der Waals surface area contributed by atoms with Crippen molar-refractivity contribution in [3.05, 3.63) is 12.2 Å². The molecule has 2 N–H and O–H groups in total. The molecular formula is C11H22N2O. The van der Waals surface area contributed by atoms with E-state index in [2.05, 4.69) is 13.5 Å². The van der Waals surface area contributed by atoms with Gasteiger partial charge in [0.25, 0.3) is 0 Å². The van der Waals surface area contributed by atoms with Crippen LogP contribution in [0.2, 0.25) is 0 Å². The molecule has 1 unspecified atom stereocenters. The number of carbonyl (C=O) groups excluding carboxylic acids is 1. The fourth-order valence-corrected chi connectivity index (χ4v) is 1.29. The second-order valence-corrected chi connectivity index (χ2v) is 3.92. The molecule has 1 amide bonds. The molecule has 0 aromatic rings. The predicted molar refractivity (Wildman–Crippen MR) is 59.9 cm³/mol. The summed E-state index contributed by atoms with van der Waals surface area (Å²) >= 11 is 0. The topological polar surface area (TPSA) is 46.3 Å². The van der Waals surface area contributed by atoms with Gasteiger partial charge < -0.3 is 10.6 Å². The lowest BCUT2D eigenvalue weighted by Crippen LogP contribution is -2.31. The second kappa shape index (κ2) is 6.60. The first-order valence-corrected chi connectivity index (χ1v) is 5.09. The van der Waals surface area contributed by atoms with Gasteiger partial charge in [-0.2, -0.15) is 0 Å². The summed E-state index contributed by atoms with van der Waals surface area (Å²) in [7, 11) is 1.81. The van der Waals surface area contributed by atoms with E-state index in [-0.39, 0.29) is 5.91 Å². The molecule has 1 atom stereocenters. The third-order valence-electron chi connectivity index (χ3n) is 2.31. The van der Waals surface area contributed by atoms with Gasteiger partial charge in [0.1, 0.15) is 0 Å². The molecule has 3 heteroatoms. The van der Waals surface area contributed by atoms with Crippen molar-refractivity contribution >= 4 is 5.91 Å². The molecule has 0 heterocycles. The van der Waals surface area contributed by atoms with E-state index in [1.807, 2.05) is 6.92 Å². The molecule has 3 nitrogen and oxygen atoms in total. The van der Waals surface area contributed by atoms with E-state index in [0.717, 1.165) is 12.0 Å². The summed E-state index contributed by atoms with van der Waals surface area (Å²) in [5.41, 5.74) is 6.55. The van der Waals surface area contributed by atoms with Crippen molar-refractivity contribution in [2.24, 2.45) is 11.7 Å². The van der Waals surface area contributed by atoms with E-state index in [9.17, 15) is 4.79 Å². The zero-order chi connectivity index (χ0) is 11.1. The van der Waals surface area contributed by atoms with Gasteiger partial charge in [-0.25, -0.2) is 0 Å². The Balaban J connectivity index is 3.99. The normalized spacial score (nSPS) is 12.3. The van der Waals surface area contributed by atoms with Gasteiger partial charge in [0.2, 0.25) is 5.91 Å². The van der Waals surface area contributed by atoms with Gasteiger partial charge in [0.05, 0.1) is 0 Å². The van der Waals surface area contributed by atoms with Gasteiger partial charge in [-0.3, -0.25) is 4.79 Å². The van der Waals surface area contributed by atoms with E-state index >= 15 is 0 Å². The standard InChI is InChI=1S/C11H22N2O/c1-5-10(7-12)6-11(14)13(4)8-9(2)3/h10H,2,5-8,12H2,1,3-4H3. The van der Waals surface area contributed by atoms with Crippen molar-refractivity contribution in [1.82, 2.24) is 4.90 Å². The maximum Gasteiger partial charge on any atom is 0.222 e. The number of likely N-dealkylation sites (N-methyl/N-ethyl adjacent to an activating group) is 1. The highest BCUT2D eigenvalue weighted by Crippen LogP contribution is 2.08. The van der Waals surface area contributed by atoms with Gasteiger partial charge in [-0.05, 0) is 19.4 Å². The van der Waals surface area contributed by atoms with Crippen LogP contribution in [0.25, 0.3) is 0 Å². The molecule has 0 rings (SSSR count). The van der Waals surface area contributed by atoms with Crippen molar-refractivity contribution in [2.45, 2.75) is 26.7 Å². The first kappa shape index (κ1) is 13.2. The van der Waals surface area contributed by atoms with Crippen LogP contribution < -0.4 is 5.73 Å². The summed E-state index contributed by atoms with van der Waals surface area (Å²) in [6.07, 6.45) is 1.51. The molecule has 0 aromatic carbocycles. The summed E-state index contributed by atoms with van der Waals surface area (Å²) in [4.78, 5) is 13.3. The molecule has 0 fully saturated rings. The summed E-state index contributed by atoms with van der Waals surface area (Å²) in [6, 6.07) is 0. The van der Waals surface area contributed by atoms with Crippen molar-refractivity contribution in [1.29, 1.82) is 0 Å². The van der Waals surface area contributed by atoms with Crippen LogP contribution in [0.3, 0.4) is 0 Å². The molecule has 0 aliphatic heterocycles. The highest BCUT2D eigenvalue weighted by atomic mass is 16.2. The molecule has 0 radical (unpaired) electrons. The lowest BCUT2D eigenvalue weighted by Gasteiger charge is -2.20. The number of amides is 1. The number of carbonyl (C=O) groups is 1.